The fourth-order valence-electron chi connectivity index (χ4n) is 4.97. The van der Waals surface area contributed by atoms with E-state index in [-0.39, 0.29) is 11.9 Å². The molecule has 7 heteroatoms. The summed E-state index contributed by atoms with van der Waals surface area (Å²) in [6.07, 6.45) is 2.02. The predicted octanol–water partition coefficient (Wildman–Crippen LogP) is 1.23. The van der Waals surface area contributed by atoms with E-state index in [0.717, 1.165) is 68.3 Å². The maximum atomic E-state index is 13.2. The van der Waals surface area contributed by atoms with Crippen LogP contribution in [0, 0.1) is 0 Å². The maximum absolute atomic E-state index is 13.2. The number of hydrogen-bond acceptors (Lipinski definition) is 5. The van der Waals surface area contributed by atoms with Gasteiger partial charge in [0.2, 0.25) is 0 Å². The van der Waals surface area contributed by atoms with Crippen molar-refractivity contribution in [2.24, 2.45) is 0 Å². The fraction of sp³-hybridized carbons (Fsp3) is 0.458. The molecule has 2 aromatic rings. The van der Waals surface area contributed by atoms with E-state index in [1.54, 1.807) is 6.07 Å². The molecule has 0 spiro atoms. The number of carbonyl (C=O) groups is 1. The standard InChI is InChI=1S/C24H29N3O4/c28-21-6-2-1-4-20(21)26-12-10-25(11-13-26)17-24(29)27-9-3-5-19(27)18-7-8-22-23(16-18)31-15-14-30-22/h1-2,4,6-8,16,19,28H,3,5,9-15,17H2/p+1/t19-/m0/s1. The van der Waals surface area contributed by atoms with Crippen LogP contribution in [0.1, 0.15) is 24.4 Å². The molecule has 2 aromatic carbocycles. The number of piperazine rings is 1. The second-order valence-electron chi connectivity index (χ2n) is 8.55. The fourth-order valence-corrected chi connectivity index (χ4v) is 4.97. The number of nitrogens with one attached hydrogen (secondary N) is 1. The average Bonchev–Trinajstić information content (AvgIpc) is 3.30. The van der Waals surface area contributed by atoms with E-state index in [2.05, 4.69) is 11.0 Å². The van der Waals surface area contributed by atoms with E-state index in [1.807, 2.05) is 35.2 Å². The summed E-state index contributed by atoms with van der Waals surface area (Å²) in [5.41, 5.74) is 2.01. The number of benzene rings is 2. The molecule has 0 unspecified atom stereocenters. The van der Waals surface area contributed by atoms with Gasteiger partial charge in [0, 0.05) is 6.54 Å². The van der Waals surface area contributed by atoms with Crippen molar-refractivity contribution in [2.45, 2.75) is 18.9 Å². The molecule has 2 fully saturated rings. The largest absolute Gasteiger partial charge is 0.506 e. The van der Waals surface area contributed by atoms with Gasteiger partial charge in [-0.15, -0.1) is 0 Å². The molecule has 0 radical (unpaired) electrons. The van der Waals surface area contributed by atoms with Gasteiger partial charge in [0.1, 0.15) is 19.0 Å². The molecule has 2 saturated heterocycles. The maximum Gasteiger partial charge on any atom is 0.278 e. The molecule has 0 aromatic heterocycles. The molecule has 1 atom stereocenters. The van der Waals surface area contributed by atoms with Gasteiger partial charge in [0.05, 0.1) is 37.9 Å². The van der Waals surface area contributed by atoms with Crippen molar-refractivity contribution < 1.29 is 24.3 Å². The zero-order valence-electron chi connectivity index (χ0n) is 17.8. The molecule has 5 rings (SSSR count). The number of likely N-dealkylation sites (tertiary alicyclic amines) is 1. The smallest absolute Gasteiger partial charge is 0.278 e. The molecule has 7 nitrogen and oxygen atoms in total. The second-order valence-corrected chi connectivity index (χ2v) is 8.55. The SMILES string of the molecule is O=C(C[NH+]1CCN(c2ccccc2O)CC1)N1CCC[C@H]1c1ccc2c(c1)OCCO2. The van der Waals surface area contributed by atoms with Crippen LogP contribution < -0.4 is 19.3 Å². The Bertz CT molecular complexity index is 942. The van der Waals surface area contributed by atoms with Gasteiger partial charge in [0.15, 0.2) is 18.0 Å². The summed E-state index contributed by atoms with van der Waals surface area (Å²) in [5.74, 6) is 2.12. The minimum Gasteiger partial charge on any atom is -0.506 e. The van der Waals surface area contributed by atoms with Crippen molar-refractivity contribution in [2.75, 3.05) is 57.4 Å². The van der Waals surface area contributed by atoms with Crippen LogP contribution in [0.25, 0.3) is 0 Å². The van der Waals surface area contributed by atoms with Gasteiger partial charge in [-0.25, -0.2) is 0 Å². The van der Waals surface area contributed by atoms with Crippen molar-refractivity contribution in [1.29, 1.82) is 0 Å². The number of phenolic OH excluding ortho intramolecular Hbond substituents is 1. The molecular weight excluding hydrogens is 394 g/mol. The Labute approximate surface area is 182 Å². The van der Waals surface area contributed by atoms with Gasteiger partial charge >= 0.3 is 0 Å². The molecule has 0 saturated carbocycles. The van der Waals surface area contributed by atoms with Crippen LogP contribution >= 0.6 is 0 Å². The molecule has 3 aliphatic rings. The Morgan fingerprint density at radius 3 is 2.61 bits per heavy atom. The van der Waals surface area contributed by atoms with Crippen molar-refractivity contribution >= 4 is 11.6 Å². The van der Waals surface area contributed by atoms with E-state index in [4.69, 9.17) is 9.47 Å². The number of para-hydroxylation sites is 2. The third-order valence-corrected chi connectivity index (χ3v) is 6.62. The number of carbonyl (C=O) groups excluding carboxylic acids is 1. The summed E-state index contributed by atoms with van der Waals surface area (Å²) >= 11 is 0. The molecule has 1 amide bonds. The predicted molar refractivity (Wildman–Crippen MR) is 117 cm³/mol. The highest BCUT2D eigenvalue weighted by Gasteiger charge is 2.33. The first-order valence-electron chi connectivity index (χ1n) is 11.2. The Kier molecular flexibility index (Phi) is 5.59. The van der Waals surface area contributed by atoms with Crippen molar-refractivity contribution in [1.82, 2.24) is 4.90 Å². The van der Waals surface area contributed by atoms with Gasteiger partial charge in [-0.3, -0.25) is 4.79 Å². The summed E-state index contributed by atoms with van der Waals surface area (Å²) in [6.45, 7) is 5.95. The van der Waals surface area contributed by atoms with Gasteiger partial charge in [0.25, 0.3) is 5.91 Å². The van der Waals surface area contributed by atoms with Crippen LogP contribution in [0.15, 0.2) is 42.5 Å². The first-order valence-corrected chi connectivity index (χ1v) is 11.2. The topological polar surface area (TPSA) is 66.7 Å². The molecule has 0 aliphatic carbocycles. The summed E-state index contributed by atoms with van der Waals surface area (Å²) in [7, 11) is 0. The number of phenols is 1. The van der Waals surface area contributed by atoms with Crippen LogP contribution in [-0.2, 0) is 4.79 Å². The number of aromatic hydroxyl groups is 1. The van der Waals surface area contributed by atoms with E-state index >= 15 is 0 Å². The summed E-state index contributed by atoms with van der Waals surface area (Å²) in [5, 5.41) is 10.1. The minimum atomic E-state index is 0.116. The highest BCUT2D eigenvalue weighted by atomic mass is 16.6. The number of rotatable bonds is 4. The molecule has 164 valence electrons. The van der Waals surface area contributed by atoms with Crippen LogP contribution in [0.2, 0.25) is 0 Å². The number of amides is 1. The van der Waals surface area contributed by atoms with Crippen molar-refractivity contribution in [3.63, 3.8) is 0 Å². The summed E-state index contributed by atoms with van der Waals surface area (Å²) in [4.78, 5) is 18.8. The zero-order chi connectivity index (χ0) is 21.2. The first kappa shape index (κ1) is 20.0. The van der Waals surface area contributed by atoms with Crippen LogP contribution in [0.3, 0.4) is 0 Å². The van der Waals surface area contributed by atoms with E-state index in [9.17, 15) is 9.90 Å². The number of anilines is 1. The van der Waals surface area contributed by atoms with Crippen molar-refractivity contribution in [3.8, 4) is 17.2 Å². The lowest BCUT2D eigenvalue weighted by molar-refractivity contribution is -0.892. The molecular formula is C24H30N3O4+. The molecule has 3 heterocycles. The zero-order valence-corrected chi connectivity index (χ0v) is 17.8. The lowest BCUT2D eigenvalue weighted by atomic mass is 10.0. The Hall–Kier alpha value is -2.93. The van der Waals surface area contributed by atoms with Gasteiger partial charge in [-0.2, -0.15) is 0 Å². The lowest BCUT2D eigenvalue weighted by Gasteiger charge is -2.35. The number of nitrogens with zero attached hydrogens (tertiary/aromatic N) is 2. The summed E-state index contributed by atoms with van der Waals surface area (Å²) < 4.78 is 11.4. The third kappa shape index (κ3) is 4.14. The quantitative estimate of drug-likeness (QED) is 0.773. The monoisotopic (exact) mass is 424 g/mol. The highest BCUT2D eigenvalue weighted by Crippen LogP contribution is 2.38. The first-order chi connectivity index (χ1) is 15.2. The van der Waals surface area contributed by atoms with E-state index < -0.39 is 0 Å². The van der Waals surface area contributed by atoms with Crippen LogP contribution in [0.4, 0.5) is 5.69 Å². The Morgan fingerprint density at radius 2 is 1.81 bits per heavy atom. The number of quaternary nitrogens is 1. The van der Waals surface area contributed by atoms with Gasteiger partial charge in [-0.1, -0.05) is 18.2 Å². The van der Waals surface area contributed by atoms with E-state index in [0.29, 0.717) is 25.5 Å². The number of hydrogen-bond donors (Lipinski definition) is 2. The third-order valence-electron chi connectivity index (χ3n) is 6.62. The second kappa shape index (κ2) is 8.67. The average molecular weight is 425 g/mol. The van der Waals surface area contributed by atoms with Gasteiger partial charge in [-0.05, 0) is 42.7 Å². The normalized spacial score (nSPS) is 21.4. The van der Waals surface area contributed by atoms with Gasteiger partial charge < -0.3 is 29.3 Å². The Balaban J connectivity index is 1.20. The highest BCUT2D eigenvalue weighted by molar-refractivity contribution is 5.78. The van der Waals surface area contributed by atoms with Crippen LogP contribution in [-0.4, -0.2) is 68.4 Å². The Morgan fingerprint density at radius 1 is 1.03 bits per heavy atom. The minimum absolute atomic E-state index is 0.116. The molecule has 31 heavy (non-hydrogen) atoms. The number of fused-ring (bicyclic) bond motifs is 1. The lowest BCUT2D eigenvalue weighted by Crippen LogP contribution is -3.15. The molecule has 0 bridgehead atoms. The number of ether oxygens (including phenoxy) is 2. The molecule has 2 N–H and O–H groups in total. The van der Waals surface area contributed by atoms with E-state index in [1.165, 1.54) is 4.90 Å². The molecule has 3 aliphatic heterocycles. The van der Waals surface area contributed by atoms with Crippen LogP contribution in [0.5, 0.6) is 17.2 Å². The van der Waals surface area contributed by atoms with Crippen molar-refractivity contribution in [3.05, 3.63) is 48.0 Å². The summed E-state index contributed by atoms with van der Waals surface area (Å²) in [6, 6.07) is 13.7.